The molecule has 0 radical (unpaired) electrons. The van der Waals surface area contributed by atoms with E-state index >= 15 is 0 Å². The molecule has 0 aromatic heterocycles. The van der Waals surface area contributed by atoms with E-state index in [9.17, 15) is 9.90 Å². The van der Waals surface area contributed by atoms with Crippen LogP contribution < -0.4 is 0 Å². The Hall–Kier alpha value is -0.870. The van der Waals surface area contributed by atoms with Gasteiger partial charge in [0.05, 0.1) is 12.1 Å². The predicted octanol–water partition coefficient (Wildman–Crippen LogP) is 0.600. The van der Waals surface area contributed by atoms with Crippen LogP contribution in [0.1, 0.15) is 32.1 Å². The van der Waals surface area contributed by atoms with E-state index in [2.05, 4.69) is 4.90 Å². The van der Waals surface area contributed by atoms with Crippen molar-refractivity contribution in [3.05, 3.63) is 11.6 Å². The maximum atomic E-state index is 11.6. The molecule has 4 heterocycles. The summed E-state index contributed by atoms with van der Waals surface area (Å²) < 4.78 is 5.65. The third-order valence-electron chi connectivity index (χ3n) is 5.01. The summed E-state index contributed by atoms with van der Waals surface area (Å²) in [5.41, 5.74) is 0.659. The summed E-state index contributed by atoms with van der Waals surface area (Å²) in [7, 11) is 0. The van der Waals surface area contributed by atoms with Crippen LogP contribution in [-0.4, -0.2) is 46.3 Å². The van der Waals surface area contributed by atoms with Crippen molar-refractivity contribution in [2.24, 2.45) is 0 Å². The number of rotatable bonds is 0. The van der Waals surface area contributed by atoms with Gasteiger partial charge in [0.25, 0.3) is 0 Å². The standard InChI is InChI=1S/C13H17NO3/c15-10-7-13-8(6-12(16)17-13)5-9(10)14-4-2-1-3-11(13)14/h6,9-11,15H,1-5,7H2/t9-,10-,11+,13+/m1/s1. The number of hydrogen-bond donors (Lipinski definition) is 1. The first-order valence-corrected chi connectivity index (χ1v) is 6.58. The molecule has 92 valence electrons. The van der Waals surface area contributed by atoms with Gasteiger partial charge in [-0.05, 0) is 31.4 Å². The van der Waals surface area contributed by atoms with Gasteiger partial charge >= 0.3 is 5.97 Å². The summed E-state index contributed by atoms with van der Waals surface area (Å²) >= 11 is 0. The Balaban J connectivity index is 1.82. The van der Waals surface area contributed by atoms with E-state index < -0.39 is 5.60 Å². The number of esters is 1. The molecule has 4 atom stereocenters. The summed E-state index contributed by atoms with van der Waals surface area (Å²) in [4.78, 5) is 14.0. The van der Waals surface area contributed by atoms with Crippen LogP contribution in [0.5, 0.6) is 0 Å². The van der Waals surface area contributed by atoms with Gasteiger partial charge in [-0.25, -0.2) is 4.79 Å². The Morgan fingerprint density at radius 2 is 2.35 bits per heavy atom. The van der Waals surface area contributed by atoms with E-state index in [1.807, 2.05) is 0 Å². The Kier molecular flexibility index (Phi) is 1.85. The van der Waals surface area contributed by atoms with Crippen molar-refractivity contribution in [2.45, 2.75) is 55.9 Å². The highest BCUT2D eigenvalue weighted by Gasteiger charge is 2.62. The molecule has 0 aromatic carbocycles. The second-order valence-corrected chi connectivity index (χ2v) is 5.77. The van der Waals surface area contributed by atoms with Crippen molar-refractivity contribution in [1.82, 2.24) is 4.90 Å². The molecular weight excluding hydrogens is 218 g/mol. The molecule has 5 rings (SSSR count). The van der Waals surface area contributed by atoms with Crippen molar-refractivity contribution < 1.29 is 14.6 Å². The number of hydrogen-bond acceptors (Lipinski definition) is 4. The zero-order valence-corrected chi connectivity index (χ0v) is 9.76. The fraction of sp³-hybridized carbons (Fsp3) is 0.769. The molecule has 0 aromatic rings. The minimum atomic E-state index is -0.480. The molecule has 3 saturated heterocycles. The van der Waals surface area contributed by atoms with Crippen molar-refractivity contribution in [3.63, 3.8) is 0 Å². The van der Waals surface area contributed by atoms with Crippen molar-refractivity contribution in [2.75, 3.05) is 6.54 Å². The molecule has 1 saturated carbocycles. The lowest BCUT2D eigenvalue weighted by Crippen LogP contribution is -2.71. The Morgan fingerprint density at radius 1 is 1.47 bits per heavy atom. The van der Waals surface area contributed by atoms with E-state index in [-0.39, 0.29) is 18.1 Å². The molecule has 1 N–H and O–H groups in total. The molecule has 5 aliphatic rings. The number of aliphatic hydroxyl groups excluding tert-OH is 1. The molecule has 4 aliphatic heterocycles. The number of carbonyl (C=O) groups is 1. The van der Waals surface area contributed by atoms with Crippen LogP contribution in [0.15, 0.2) is 11.6 Å². The number of fused-ring (bicyclic) bond motifs is 1. The summed E-state index contributed by atoms with van der Waals surface area (Å²) in [6.07, 6.45) is 6.24. The summed E-state index contributed by atoms with van der Waals surface area (Å²) in [6, 6.07) is 0.527. The largest absolute Gasteiger partial charge is 0.450 e. The topological polar surface area (TPSA) is 49.8 Å². The zero-order valence-electron chi connectivity index (χ0n) is 9.76. The van der Waals surface area contributed by atoms with Crippen LogP contribution in [0.2, 0.25) is 0 Å². The first-order valence-electron chi connectivity index (χ1n) is 6.58. The van der Waals surface area contributed by atoms with Gasteiger partial charge in [-0.1, -0.05) is 6.42 Å². The van der Waals surface area contributed by atoms with E-state index in [4.69, 9.17) is 4.74 Å². The lowest BCUT2D eigenvalue weighted by atomic mass is 9.64. The first-order chi connectivity index (χ1) is 8.21. The van der Waals surface area contributed by atoms with Crippen LogP contribution in [-0.2, 0) is 9.53 Å². The Morgan fingerprint density at radius 3 is 3.24 bits per heavy atom. The van der Waals surface area contributed by atoms with Crippen LogP contribution in [0.3, 0.4) is 0 Å². The quantitative estimate of drug-likeness (QED) is 0.625. The van der Waals surface area contributed by atoms with Gasteiger partial charge in [-0.2, -0.15) is 0 Å². The van der Waals surface area contributed by atoms with Crippen molar-refractivity contribution in [3.8, 4) is 0 Å². The fourth-order valence-corrected chi connectivity index (χ4v) is 4.36. The lowest BCUT2D eigenvalue weighted by Gasteiger charge is -2.60. The van der Waals surface area contributed by atoms with Gasteiger partial charge in [0, 0.05) is 18.5 Å². The van der Waals surface area contributed by atoms with Gasteiger partial charge < -0.3 is 9.84 Å². The highest BCUT2D eigenvalue weighted by Crippen LogP contribution is 2.53. The average molecular weight is 235 g/mol. The van der Waals surface area contributed by atoms with E-state index in [0.717, 1.165) is 25.0 Å². The van der Waals surface area contributed by atoms with Crippen molar-refractivity contribution in [1.29, 1.82) is 0 Å². The fourth-order valence-electron chi connectivity index (χ4n) is 4.36. The number of piperidine rings is 3. The van der Waals surface area contributed by atoms with Crippen molar-refractivity contribution >= 4 is 5.97 Å². The monoisotopic (exact) mass is 235 g/mol. The molecule has 2 bridgehead atoms. The number of aliphatic hydroxyl groups is 1. The molecule has 4 nitrogen and oxygen atoms in total. The molecular formula is C13H17NO3. The van der Waals surface area contributed by atoms with Crippen LogP contribution in [0, 0.1) is 0 Å². The molecule has 4 heteroatoms. The maximum absolute atomic E-state index is 11.6. The third-order valence-corrected chi connectivity index (χ3v) is 5.01. The Labute approximate surface area is 100 Å². The van der Waals surface area contributed by atoms with Gasteiger partial charge in [-0.15, -0.1) is 0 Å². The zero-order chi connectivity index (χ0) is 11.6. The lowest BCUT2D eigenvalue weighted by molar-refractivity contribution is -0.188. The van der Waals surface area contributed by atoms with Gasteiger partial charge in [0.2, 0.25) is 0 Å². The van der Waals surface area contributed by atoms with Gasteiger partial charge in [0.15, 0.2) is 5.60 Å². The number of nitrogens with zero attached hydrogens (tertiary/aromatic N) is 1. The maximum Gasteiger partial charge on any atom is 0.331 e. The van der Waals surface area contributed by atoms with Crippen LogP contribution >= 0.6 is 0 Å². The molecule has 0 amide bonds. The minimum Gasteiger partial charge on any atom is -0.450 e. The Bertz CT molecular complexity index is 419. The van der Waals surface area contributed by atoms with E-state index in [1.54, 1.807) is 6.08 Å². The smallest absolute Gasteiger partial charge is 0.331 e. The van der Waals surface area contributed by atoms with E-state index in [1.165, 1.54) is 12.8 Å². The minimum absolute atomic E-state index is 0.208. The number of ether oxygens (including phenoxy) is 1. The van der Waals surface area contributed by atoms with Gasteiger partial charge in [0.1, 0.15) is 0 Å². The van der Waals surface area contributed by atoms with Gasteiger partial charge in [-0.3, -0.25) is 4.90 Å². The van der Waals surface area contributed by atoms with Crippen LogP contribution in [0.4, 0.5) is 0 Å². The highest BCUT2D eigenvalue weighted by atomic mass is 16.6. The highest BCUT2D eigenvalue weighted by molar-refractivity contribution is 5.87. The molecule has 17 heavy (non-hydrogen) atoms. The summed E-state index contributed by atoms with van der Waals surface area (Å²) in [5, 5.41) is 10.2. The molecule has 1 aliphatic carbocycles. The second-order valence-electron chi connectivity index (χ2n) is 5.77. The molecule has 0 unspecified atom stereocenters. The molecule has 1 spiro atoms. The second kappa shape index (κ2) is 3.12. The normalized spacial score (nSPS) is 48.4. The molecule has 4 fully saturated rings. The third kappa shape index (κ3) is 1.13. The predicted molar refractivity (Wildman–Crippen MR) is 60.3 cm³/mol. The summed E-state index contributed by atoms with van der Waals surface area (Å²) in [6.45, 7) is 1.04. The number of carbonyl (C=O) groups excluding carboxylic acids is 1. The average Bonchev–Trinajstić information content (AvgIpc) is 2.64. The van der Waals surface area contributed by atoms with Crippen LogP contribution in [0.25, 0.3) is 0 Å². The van der Waals surface area contributed by atoms with E-state index in [0.29, 0.717) is 12.5 Å². The summed E-state index contributed by atoms with van der Waals surface area (Å²) in [5.74, 6) is -0.208. The SMILES string of the molecule is O=C1C=C2C[C@@H]3[C@H](O)C[C@@]2(O1)[C@@H]1CCCCN31. The first kappa shape index (κ1) is 10.1.